The van der Waals surface area contributed by atoms with Gasteiger partial charge < -0.3 is 14.4 Å². The third-order valence-electron chi connectivity index (χ3n) is 9.40. The van der Waals surface area contributed by atoms with Gasteiger partial charge in [-0.25, -0.2) is 4.79 Å². The number of fused-ring (bicyclic) bond motifs is 3. The van der Waals surface area contributed by atoms with Gasteiger partial charge in [-0.05, 0) is 86.5 Å². The first-order valence-corrected chi connectivity index (χ1v) is 14.8. The lowest BCUT2D eigenvalue weighted by atomic mass is 9.75. The Bertz CT molecular complexity index is 1220. The van der Waals surface area contributed by atoms with E-state index in [1.807, 2.05) is 46.0 Å². The zero-order valence-electron chi connectivity index (χ0n) is 24.7. The minimum absolute atomic E-state index is 0.0570. The van der Waals surface area contributed by atoms with Crippen LogP contribution < -0.4 is 0 Å². The average molecular weight is 532 g/mol. The molecule has 5 nitrogen and oxygen atoms in total. The molecule has 6 atom stereocenters. The summed E-state index contributed by atoms with van der Waals surface area (Å²) in [4.78, 5) is 29.1. The fraction of sp³-hybridized carbons (Fsp3) is 0.588. The van der Waals surface area contributed by atoms with E-state index in [0.717, 1.165) is 41.5 Å². The quantitative estimate of drug-likeness (QED) is 0.368. The number of likely N-dealkylation sites (N-methyl/N-ethyl adjacent to an activating group) is 1. The van der Waals surface area contributed by atoms with Gasteiger partial charge in [-0.2, -0.15) is 0 Å². The second kappa shape index (κ2) is 10.3. The van der Waals surface area contributed by atoms with Gasteiger partial charge in [0.25, 0.3) is 0 Å². The molecule has 0 bridgehead atoms. The maximum Gasteiger partial charge on any atom is 0.410 e. The van der Waals surface area contributed by atoms with E-state index in [4.69, 9.17) is 9.47 Å². The summed E-state index contributed by atoms with van der Waals surface area (Å²) in [5, 5.41) is 0. The van der Waals surface area contributed by atoms with Crippen molar-refractivity contribution >= 4 is 12.1 Å². The molecule has 210 valence electrons. The summed E-state index contributed by atoms with van der Waals surface area (Å²) in [6, 6.07) is 16.8. The van der Waals surface area contributed by atoms with Gasteiger partial charge in [0.15, 0.2) is 0 Å². The molecule has 2 saturated carbocycles. The summed E-state index contributed by atoms with van der Waals surface area (Å²) in [6.07, 6.45) is 4.22. The predicted octanol–water partition coefficient (Wildman–Crippen LogP) is 7.94. The maximum absolute atomic E-state index is 14.1. The van der Waals surface area contributed by atoms with Crippen LogP contribution in [0.1, 0.15) is 96.6 Å². The number of carbonyl (C=O) groups excluding carboxylic acids is 2. The number of carbonyl (C=O) groups is 2. The molecule has 0 aliphatic heterocycles. The highest BCUT2D eigenvalue weighted by molar-refractivity contribution is 5.83. The molecule has 0 N–H and O–H groups in total. The molecule has 2 fully saturated rings. The molecule has 2 aromatic rings. The van der Waals surface area contributed by atoms with Gasteiger partial charge in [0, 0.05) is 13.0 Å². The molecular weight excluding hydrogens is 486 g/mol. The number of rotatable bonds is 5. The van der Waals surface area contributed by atoms with Crippen LogP contribution in [0, 0.1) is 17.8 Å². The van der Waals surface area contributed by atoms with E-state index in [-0.39, 0.29) is 24.1 Å². The Morgan fingerprint density at radius 2 is 1.69 bits per heavy atom. The molecular formula is C34H45NO4. The van der Waals surface area contributed by atoms with E-state index in [9.17, 15) is 9.59 Å². The van der Waals surface area contributed by atoms with Crippen LogP contribution in [0.4, 0.5) is 4.79 Å². The molecule has 0 saturated heterocycles. The van der Waals surface area contributed by atoms with E-state index in [2.05, 4.69) is 51.1 Å². The molecule has 0 heterocycles. The monoisotopic (exact) mass is 531 g/mol. The van der Waals surface area contributed by atoms with Crippen molar-refractivity contribution in [3.05, 3.63) is 59.7 Å². The Morgan fingerprint density at radius 1 is 0.974 bits per heavy atom. The molecule has 2 unspecified atom stereocenters. The van der Waals surface area contributed by atoms with E-state index < -0.39 is 17.1 Å². The van der Waals surface area contributed by atoms with Crippen LogP contribution in [-0.4, -0.2) is 41.3 Å². The lowest BCUT2D eigenvalue weighted by Gasteiger charge is -2.40. The molecule has 0 spiro atoms. The van der Waals surface area contributed by atoms with Crippen molar-refractivity contribution in [1.82, 2.24) is 4.90 Å². The molecule has 39 heavy (non-hydrogen) atoms. The van der Waals surface area contributed by atoms with Crippen LogP contribution in [0.5, 0.6) is 0 Å². The van der Waals surface area contributed by atoms with Crippen molar-refractivity contribution in [2.45, 2.75) is 103 Å². The van der Waals surface area contributed by atoms with E-state index in [1.165, 1.54) is 6.42 Å². The van der Waals surface area contributed by atoms with Crippen LogP contribution >= 0.6 is 0 Å². The molecule has 0 aromatic heterocycles. The largest absolute Gasteiger partial charge is 0.462 e. The van der Waals surface area contributed by atoms with Crippen molar-refractivity contribution < 1.29 is 19.1 Å². The normalized spacial score (nSPS) is 29.7. The van der Waals surface area contributed by atoms with E-state index >= 15 is 0 Å². The number of benzene rings is 2. The fourth-order valence-corrected chi connectivity index (χ4v) is 7.10. The summed E-state index contributed by atoms with van der Waals surface area (Å²) in [5.41, 5.74) is 3.45. The molecule has 3 aliphatic carbocycles. The Morgan fingerprint density at radius 3 is 2.36 bits per heavy atom. The number of nitrogens with zero attached hydrogens (tertiary/aromatic N) is 1. The third kappa shape index (κ3) is 5.47. The van der Waals surface area contributed by atoms with Gasteiger partial charge in [-0.1, -0.05) is 75.7 Å². The van der Waals surface area contributed by atoms with Gasteiger partial charge in [-0.3, -0.25) is 4.79 Å². The van der Waals surface area contributed by atoms with Crippen molar-refractivity contribution in [2.75, 3.05) is 7.05 Å². The van der Waals surface area contributed by atoms with Gasteiger partial charge in [0.1, 0.15) is 11.7 Å². The maximum atomic E-state index is 14.1. The molecule has 5 heteroatoms. The zero-order chi connectivity index (χ0) is 28.1. The van der Waals surface area contributed by atoms with E-state index in [1.54, 1.807) is 4.90 Å². The van der Waals surface area contributed by atoms with Crippen LogP contribution in [0.25, 0.3) is 11.1 Å². The number of hydrogen-bond acceptors (Lipinski definition) is 4. The second-order valence-corrected chi connectivity index (χ2v) is 13.7. The summed E-state index contributed by atoms with van der Waals surface area (Å²) in [7, 11) is 1.83. The predicted molar refractivity (Wildman–Crippen MR) is 155 cm³/mol. The lowest BCUT2D eigenvalue weighted by Crippen LogP contribution is -2.46. The Hall–Kier alpha value is -2.82. The minimum Gasteiger partial charge on any atom is -0.462 e. The molecule has 1 amide bonds. The number of amides is 1. The Balaban J connectivity index is 1.49. The third-order valence-corrected chi connectivity index (χ3v) is 9.40. The van der Waals surface area contributed by atoms with Crippen LogP contribution in [0.15, 0.2) is 48.5 Å². The molecule has 3 aliphatic rings. The van der Waals surface area contributed by atoms with Gasteiger partial charge in [-0.15, -0.1) is 0 Å². The number of hydrogen-bond donors (Lipinski definition) is 0. The van der Waals surface area contributed by atoms with Crippen LogP contribution in [0.2, 0.25) is 0 Å². The van der Waals surface area contributed by atoms with Gasteiger partial charge in [0.05, 0.1) is 11.5 Å². The summed E-state index contributed by atoms with van der Waals surface area (Å²) in [5.74, 6) is 1.04. The van der Waals surface area contributed by atoms with Crippen molar-refractivity contribution in [1.29, 1.82) is 0 Å². The lowest BCUT2D eigenvalue weighted by molar-refractivity contribution is -0.158. The first kappa shape index (κ1) is 27.7. The summed E-state index contributed by atoms with van der Waals surface area (Å²) < 4.78 is 12.2. The molecule has 5 rings (SSSR count). The van der Waals surface area contributed by atoms with Crippen molar-refractivity contribution in [3.63, 3.8) is 0 Å². The molecule has 2 aromatic carbocycles. The topological polar surface area (TPSA) is 55.8 Å². The number of esters is 1. The van der Waals surface area contributed by atoms with Crippen LogP contribution in [-0.2, 0) is 14.3 Å². The highest BCUT2D eigenvalue weighted by Crippen LogP contribution is 2.64. The van der Waals surface area contributed by atoms with Crippen molar-refractivity contribution in [3.8, 4) is 11.1 Å². The van der Waals surface area contributed by atoms with Crippen LogP contribution in [0.3, 0.4) is 0 Å². The first-order chi connectivity index (χ1) is 18.4. The average Bonchev–Trinajstić information content (AvgIpc) is 3.63. The standard InChI is InChI=1S/C34H45NO4/c1-21(2)25-15-13-22(3)17-30(25)38-31(36)28-19-34(35(7)32(37)39-33(4,5)6)20-29(34)26-16-14-24(18-27(26)28)23-11-9-8-10-12-23/h8-12,14,16,18,21-22,25,28-30H,13,15,17,19-20H2,1-7H3/t22-,25+,28-,29?,30-,34?/m1/s1. The number of ether oxygens (including phenoxy) is 2. The van der Waals surface area contributed by atoms with E-state index in [0.29, 0.717) is 24.2 Å². The second-order valence-electron chi connectivity index (χ2n) is 13.7. The minimum atomic E-state index is -0.578. The molecule has 0 radical (unpaired) electrons. The smallest absolute Gasteiger partial charge is 0.410 e. The van der Waals surface area contributed by atoms with Crippen molar-refractivity contribution in [2.24, 2.45) is 17.8 Å². The summed E-state index contributed by atoms with van der Waals surface area (Å²) >= 11 is 0. The highest BCUT2D eigenvalue weighted by atomic mass is 16.6. The first-order valence-electron chi connectivity index (χ1n) is 14.8. The zero-order valence-corrected chi connectivity index (χ0v) is 24.7. The highest BCUT2D eigenvalue weighted by Gasteiger charge is 2.64. The Labute approximate surface area is 234 Å². The van der Waals surface area contributed by atoms with Gasteiger partial charge >= 0.3 is 12.1 Å². The Kier molecular flexibility index (Phi) is 7.32. The summed E-state index contributed by atoms with van der Waals surface area (Å²) in [6.45, 7) is 12.4. The SMILES string of the molecule is CC(C)[C@@H]1CC[C@@H](C)C[C@H]1OC(=O)[C@@H]1CC2(N(C)C(=O)OC(C)(C)C)CC2c2ccc(-c3ccccc3)cc21. The van der Waals surface area contributed by atoms with Gasteiger partial charge in [0.2, 0.25) is 0 Å². The fourth-order valence-electron chi connectivity index (χ4n) is 7.10.